The molecule has 142 valence electrons. The Morgan fingerprint density at radius 3 is 1.92 bits per heavy atom. The average Bonchev–Trinajstić information content (AvgIpc) is 3.38. The zero-order valence-electron chi connectivity index (χ0n) is 13.8. The molecule has 4 nitrogen and oxygen atoms in total. The maximum absolute atomic E-state index is 12.0. The minimum Gasteiger partial charge on any atom is -0.668 e. The maximum Gasteiger partial charge on any atom is 2.00 e. The number of rotatable bonds is 5. The third kappa shape index (κ3) is 7.54. The van der Waals surface area contributed by atoms with Crippen LogP contribution in [0.5, 0.6) is 11.5 Å². The van der Waals surface area contributed by atoms with Gasteiger partial charge in [-0.15, -0.1) is 0 Å². The summed E-state index contributed by atoms with van der Waals surface area (Å²) in [6.07, 6.45) is -2.41. The molecule has 2 aromatic carbocycles. The van der Waals surface area contributed by atoms with Crippen LogP contribution in [-0.4, -0.2) is 25.3 Å². The molecule has 1 amide bonds. The third-order valence-electron chi connectivity index (χ3n) is 3.40. The van der Waals surface area contributed by atoms with Crippen LogP contribution in [0, 0.1) is 12.8 Å². The van der Waals surface area contributed by atoms with Crippen LogP contribution in [0.25, 0.3) is 16.5 Å². The molecule has 1 aliphatic carbocycles. The van der Waals surface area contributed by atoms with E-state index in [1.54, 1.807) is 30.3 Å². The summed E-state index contributed by atoms with van der Waals surface area (Å²) in [5, 5.41) is 1.65. The number of alkyl halides is 3. The van der Waals surface area contributed by atoms with Crippen LogP contribution >= 0.6 is 0 Å². The largest absolute Gasteiger partial charge is 2.00 e. The first-order valence-corrected chi connectivity index (χ1v) is 7.69. The summed E-state index contributed by atoms with van der Waals surface area (Å²) in [4.78, 5) is 9.87. The van der Waals surface area contributed by atoms with Gasteiger partial charge in [0.2, 0.25) is 0 Å². The van der Waals surface area contributed by atoms with Crippen LogP contribution < -0.4 is 9.47 Å². The first kappa shape index (κ1) is 22.1. The Bertz CT molecular complexity index is 733. The molecule has 1 saturated carbocycles. The van der Waals surface area contributed by atoms with Crippen molar-refractivity contribution in [2.24, 2.45) is 5.92 Å². The number of carbonyl (C=O) groups is 1. The predicted octanol–water partition coefficient (Wildman–Crippen LogP) is 4.97. The summed E-state index contributed by atoms with van der Waals surface area (Å²) in [6.45, 7) is 2.60. The number of hydrogen-bond acceptors (Lipinski definition) is 3. The fourth-order valence-corrected chi connectivity index (χ4v) is 2.01. The van der Waals surface area contributed by atoms with Crippen molar-refractivity contribution in [3.63, 3.8) is 0 Å². The number of fused-ring (bicyclic) bond motifs is 1. The summed E-state index contributed by atoms with van der Waals surface area (Å²) < 4.78 is 46.1. The van der Waals surface area contributed by atoms with Crippen LogP contribution in [0.3, 0.4) is 0 Å². The van der Waals surface area contributed by atoms with E-state index in [0.717, 1.165) is 23.6 Å². The second-order valence-corrected chi connectivity index (χ2v) is 5.56. The molecular formula is C18H18F3FeNO3. The molecule has 26 heavy (non-hydrogen) atoms. The molecule has 2 aromatic rings. The van der Waals surface area contributed by atoms with Crippen LogP contribution in [0.2, 0.25) is 0 Å². The Kier molecular flexibility index (Phi) is 8.24. The van der Waals surface area contributed by atoms with Gasteiger partial charge in [0.15, 0.2) is 6.61 Å². The number of ether oxygens (including phenoxy) is 2. The Balaban J connectivity index is 0.000000410. The molecule has 1 aliphatic rings. The SMILES string of the molecule is [CH2-]COc1ccc2cc(OCC(F)(F)F)ccc2c1.[Fe+2].[NH-]C(=O)C1CC1. The van der Waals surface area contributed by atoms with Gasteiger partial charge in [-0.2, -0.15) is 13.2 Å². The van der Waals surface area contributed by atoms with Crippen LogP contribution in [0.4, 0.5) is 13.2 Å². The summed E-state index contributed by atoms with van der Waals surface area (Å²) in [7, 11) is 0. The molecule has 8 heteroatoms. The molecule has 0 spiro atoms. The van der Waals surface area contributed by atoms with Crippen molar-refractivity contribution < 1.29 is 44.5 Å². The monoisotopic (exact) mass is 409 g/mol. The fraction of sp³-hybridized carbons (Fsp3) is 0.333. The average molecular weight is 409 g/mol. The minimum absolute atomic E-state index is 0. The second-order valence-electron chi connectivity index (χ2n) is 5.56. The van der Waals surface area contributed by atoms with E-state index in [2.05, 4.69) is 6.92 Å². The van der Waals surface area contributed by atoms with Gasteiger partial charge in [0.05, 0.1) is 5.91 Å². The molecule has 0 saturated heterocycles. The van der Waals surface area contributed by atoms with E-state index in [1.165, 1.54) is 6.07 Å². The third-order valence-corrected chi connectivity index (χ3v) is 3.40. The Labute approximate surface area is 160 Å². The normalized spacial score (nSPS) is 13.2. The van der Waals surface area contributed by atoms with E-state index >= 15 is 0 Å². The summed E-state index contributed by atoms with van der Waals surface area (Å²) in [6, 6.07) is 10.1. The van der Waals surface area contributed by atoms with Crippen LogP contribution in [0.15, 0.2) is 36.4 Å². The quantitative estimate of drug-likeness (QED) is 0.518. The van der Waals surface area contributed by atoms with Gasteiger partial charge in [0.1, 0.15) is 11.5 Å². The molecule has 3 rings (SSSR count). The van der Waals surface area contributed by atoms with E-state index < -0.39 is 12.8 Å². The van der Waals surface area contributed by atoms with Crippen LogP contribution in [-0.2, 0) is 21.9 Å². The summed E-state index contributed by atoms with van der Waals surface area (Å²) >= 11 is 0. The summed E-state index contributed by atoms with van der Waals surface area (Å²) in [5.41, 5.74) is 6.46. The molecule has 0 bridgehead atoms. The Morgan fingerprint density at radius 1 is 1.08 bits per heavy atom. The van der Waals surface area contributed by atoms with Crippen molar-refractivity contribution in [3.8, 4) is 11.5 Å². The van der Waals surface area contributed by atoms with E-state index in [0.29, 0.717) is 12.4 Å². The number of hydrogen-bond donors (Lipinski definition) is 0. The predicted molar refractivity (Wildman–Crippen MR) is 88.4 cm³/mol. The smallest absolute Gasteiger partial charge is 0.668 e. The Hall–Kier alpha value is -1.92. The molecule has 0 aromatic heterocycles. The van der Waals surface area contributed by atoms with Crippen molar-refractivity contribution in [1.82, 2.24) is 0 Å². The van der Waals surface area contributed by atoms with Crippen molar-refractivity contribution in [3.05, 3.63) is 49.1 Å². The number of benzene rings is 2. The molecule has 0 heterocycles. The molecule has 0 unspecified atom stereocenters. The van der Waals surface area contributed by atoms with E-state index in [9.17, 15) is 18.0 Å². The van der Waals surface area contributed by atoms with Gasteiger partial charge in [-0.3, -0.25) is 0 Å². The van der Waals surface area contributed by atoms with Gasteiger partial charge >= 0.3 is 23.2 Å². The van der Waals surface area contributed by atoms with Gasteiger partial charge in [-0.05, 0) is 54.5 Å². The Morgan fingerprint density at radius 2 is 1.58 bits per heavy atom. The standard InChI is InChI=1S/C14H12F3O2.C4H7NO.Fe/c1-2-18-12-5-3-11-8-13(6-4-10(11)7-12)19-9-14(15,16)17;5-4(6)3-1-2-3;/h3-8H,1-2,9H2;3H,1-2H2,(H2,5,6);/q-1;;+2/p-1. The van der Waals surface area contributed by atoms with E-state index in [4.69, 9.17) is 15.2 Å². The number of nitrogens with one attached hydrogen (secondary N) is 1. The van der Waals surface area contributed by atoms with Gasteiger partial charge in [-0.1, -0.05) is 12.1 Å². The first-order valence-electron chi connectivity index (χ1n) is 7.69. The van der Waals surface area contributed by atoms with Crippen molar-refractivity contribution in [1.29, 1.82) is 0 Å². The summed E-state index contributed by atoms with van der Waals surface area (Å²) in [5.74, 6) is 0.613. The molecule has 0 radical (unpaired) electrons. The van der Waals surface area contributed by atoms with Gasteiger partial charge in [-0.25, -0.2) is 0 Å². The molecule has 1 N–H and O–H groups in total. The number of halogens is 3. The number of carbonyl (C=O) groups excluding carboxylic acids is 1. The van der Waals surface area contributed by atoms with Gasteiger partial charge in [0.25, 0.3) is 0 Å². The zero-order chi connectivity index (χ0) is 18.4. The molecule has 1 fully saturated rings. The van der Waals surface area contributed by atoms with Crippen molar-refractivity contribution in [2.45, 2.75) is 19.0 Å². The fourth-order valence-electron chi connectivity index (χ4n) is 2.01. The second kappa shape index (κ2) is 9.69. The van der Waals surface area contributed by atoms with Crippen molar-refractivity contribution in [2.75, 3.05) is 13.2 Å². The minimum atomic E-state index is -4.33. The topological polar surface area (TPSA) is 59.3 Å². The number of amides is 1. The van der Waals surface area contributed by atoms with E-state index in [1.807, 2.05) is 0 Å². The first-order chi connectivity index (χ1) is 11.8. The van der Waals surface area contributed by atoms with Crippen LogP contribution in [0.1, 0.15) is 12.8 Å². The van der Waals surface area contributed by atoms with Gasteiger partial charge < -0.3 is 26.9 Å². The zero-order valence-corrected chi connectivity index (χ0v) is 14.9. The molecule has 0 atom stereocenters. The van der Waals surface area contributed by atoms with E-state index in [-0.39, 0.29) is 34.6 Å². The molecule has 0 aliphatic heterocycles. The van der Waals surface area contributed by atoms with Gasteiger partial charge in [0, 0.05) is 5.92 Å². The maximum atomic E-state index is 12.0. The molecular weight excluding hydrogens is 391 g/mol. The van der Waals surface area contributed by atoms with Crippen molar-refractivity contribution >= 4 is 16.7 Å².